The summed E-state index contributed by atoms with van der Waals surface area (Å²) < 4.78 is 0. The Kier molecular flexibility index (Phi) is 4.62. The number of hydrogen-bond acceptors (Lipinski definition) is 4. The minimum Gasteiger partial charge on any atom is -0.389 e. The van der Waals surface area contributed by atoms with Crippen LogP contribution >= 0.6 is 24.0 Å². The van der Waals surface area contributed by atoms with Gasteiger partial charge in [0.1, 0.15) is 4.99 Å². The van der Waals surface area contributed by atoms with E-state index in [1.807, 2.05) is 38.1 Å². The van der Waals surface area contributed by atoms with Crippen LogP contribution in [0.4, 0.5) is 11.4 Å². The number of nitrogens with zero attached hydrogens (tertiary/aromatic N) is 1. The Bertz CT molecular complexity index is 654. The molecule has 2 rings (SSSR count). The van der Waals surface area contributed by atoms with Crippen molar-refractivity contribution in [2.75, 3.05) is 11.6 Å². The molecule has 104 valence electrons. The number of thioether (sulfide) groups is 1. The Labute approximate surface area is 129 Å². The summed E-state index contributed by atoms with van der Waals surface area (Å²) in [7, 11) is 0. The molecule has 0 saturated carbocycles. The second-order valence-electron chi connectivity index (χ2n) is 4.46. The lowest BCUT2D eigenvalue weighted by molar-refractivity contribution is 1.11. The van der Waals surface area contributed by atoms with Gasteiger partial charge in [0.05, 0.1) is 16.9 Å². The third-order valence-corrected chi connectivity index (χ3v) is 3.95. The lowest BCUT2D eigenvalue weighted by Gasteiger charge is -2.16. The Balaban J connectivity index is 2.50. The van der Waals surface area contributed by atoms with Crippen LogP contribution in [0.3, 0.4) is 0 Å². The summed E-state index contributed by atoms with van der Waals surface area (Å²) in [5, 5.41) is 3.43. The predicted octanol–water partition coefficient (Wildman–Crippen LogP) is 3.80. The first kappa shape index (κ1) is 14.8. The van der Waals surface area contributed by atoms with Gasteiger partial charge >= 0.3 is 0 Å². The first-order valence-electron chi connectivity index (χ1n) is 6.21. The smallest absolute Gasteiger partial charge is 0.107 e. The summed E-state index contributed by atoms with van der Waals surface area (Å²) in [5.41, 5.74) is 10.4. The zero-order chi connectivity index (χ0) is 14.7. The Morgan fingerprint density at radius 2 is 1.95 bits per heavy atom. The maximum absolute atomic E-state index is 5.84. The summed E-state index contributed by atoms with van der Waals surface area (Å²) in [6, 6.07) is 10.1. The maximum atomic E-state index is 5.84. The Morgan fingerprint density at radius 1 is 1.25 bits per heavy atom. The second kappa shape index (κ2) is 6.24. The molecular weight excluding hydrogens is 286 g/mol. The number of rotatable bonds is 4. The lowest BCUT2D eigenvalue weighted by atomic mass is 10.1. The van der Waals surface area contributed by atoms with Gasteiger partial charge in [0.2, 0.25) is 0 Å². The normalized spacial score (nSPS) is 10.3. The van der Waals surface area contributed by atoms with Crippen molar-refractivity contribution in [3.05, 3.63) is 47.3 Å². The van der Waals surface area contributed by atoms with Crippen molar-refractivity contribution in [2.24, 2.45) is 5.73 Å². The number of thiocarbonyl (C=S) groups is 1. The van der Waals surface area contributed by atoms with Crippen LogP contribution in [0.1, 0.15) is 17.0 Å². The molecule has 0 saturated heterocycles. The topological polar surface area (TPSA) is 50.9 Å². The number of aryl methyl sites for hydroxylation is 2. The first-order chi connectivity index (χ1) is 9.52. The number of hydrogen-bond donors (Lipinski definition) is 2. The summed E-state index contributed by atoms with van der Waals surface area (Å²) in [4.78, 5) is 5.96. The van der Waals surface area contributed by atoms with Crippen molar-refractivity contribution in [1.82, 2.24) is 4.98 Å². The fourth-order valence-corrected chi connectivity index (χ4v) is 2.94. The van der Waals surface area contributed by atoms with Gasteiger partial charge in [0, 0.05) is 16.3 Å². The van der Waals surface area contributed by atoms with E-state index in [2.05, 4.69) is 22.6 Å². The summed E-state index contributed by atoms with van der Waals surface area (Å²) in [5.74, 6) is 0. The average Bonchev–Trinajstić information content (AvgIpc) is 2.38. The predicted molar refractivity (Wildman–Crippen MR) is 91.1 cm³/mol. The number of nitrogens with one attached hydrogen (secondary N) is 1. The van der Waals surface area contributed by atoms with E-state index in [0.29, 0.717) is 4.99 Å². The van der Waals surface area contributed by atoms with Crippen LogP contribution in [-0.4, -0.2) is 16.2 Å². The van der Waals surface area contributed by atoms with Crippen LogP contribution in [0.5, 0.6) is 0 Å². The largest absolute Gasteiger partial charge is 0.389 e. The van der Waals surface area contributed by atoms with E-state index in [-0.39, 0.29) is 0 Å². The van der Waals surface area contributed by atoms with Crippen LogP contribution in [0, 0.1) is 13.8 Å². The highest BCUT2D eigenvalue weighted by Crippen LogP contribution is 2.30. The molecule has 5 heteroatoms. The minimum atomic E-state index is 0.360. The Hall–Kier alpha value is -1.59. The Morgan fingerprint density at radius 3 is 2.60 bits per heavy atom. The van der Waals surface area contributed by atoms with Gasteiger partial charge in [-0.3, -0.25) is 4.98 Å². The molecule has 3 N–H and O–H groups in total. The number of nitrogens with two attached hydrogens (primary N) is 1. The van der Waals surface area contributed by atoms with Crippen molar-refractivity contribution in [3.8, 4) is 0 Å². The van der Waals surface area contributed by atoms with Gasteiger partial charge in [0.15, 0.2) is 0 Å². The van der Waals surface area contributed by atoms with Crippen molar-refractivity contribution in [2.45, 2.75) is 18.7 Å². The monoisotopic (exact) mass is 303 g/mol. The quantitative estimate of drug-likeness (QED) is 0.664. The molecule has 0 unspecified atom stereocenters. The highest BCUT2D eigenvalue weighted by molar-refractivity contribution is 7.98. The SMILES string of the molecule is CSc1ccccc1Nc1cc(C)nc(C)c1C(N)=S. The van der Waals surface area contributed by atoms with Gasteiger partial charge in [-0.15, -0.1) is 11.8 Å². The average molecular weight is 303 g/mol. The number of anilines is 2. The molecule has 1 aromatic heterocycles. The zero-order valence-corrected chi connectivity index (χ0v) is 13.4. The molecule has 0 spiro atoms. The van der Waals surface area contributed by atoms with Crippen LogP contribution < -0.4 is 11.1 Å². The minimum absolute atomic E-state index is 0.360. The van der Waals surface area contributed by atoms with E-state index in [9.17, 15) is 0 Å². The van der Waals surface area contributed by atoms with Crippen LogP contribution in [0.25, 0.3) is 0 Å². The van der Waals surface area contributed by atoms with Crippen LogP contribution in [0.2, 0.25) is 0 Å². The fourth-order valence-electron chi connectivity index (χ4n) is 2.13. The third-order valence-electron chi connectivity index (χ3n) is 2.95. The molecule has 0 radical (unpaired) electrons. The van der Waals surface area contributed by atoms with E-state index >= 15 is 0 Å². The third kappa shape index (κ3) is 3.11. The van der Waals surface area contributed by atoms with E-state index in [1.165, 1.54) is 4.90 Å². The highest BCUT2D eigenvalue weighted by atomic mass is 32.2. The maximum Gasteiger partial charge on any atom is 0.107 e. The van der Waals surface area contributed by atoms with E-state index in [4.69, 9.17) is 18.0 Å². The molecule has 3 nitrogen and oxygen atoms in total. The summed E-state index contributed by atoms with van der Waals surface area (Å²) >= 11 is 6.85. The summed E-state index contributed by atoms with van der Waals surface area (Å²) in [6.45, 7) is 3.88. The van der Waals surface area contributed by atoms with Crippen molar-refractivity contribution < 1.29 is 0 Å². The molecule has 2 aromatic rings. The van der Waals surface area contributed by atoms with Gasteiger partial charge in [-0.1, -0.05) is 24.4 Å². The van der Waals surface area contributed by atoms with Crippen molar-refractivity contribution in [1.29, 1.82) is 0 Å². The fraction of sp³-hybridized carbons (Fsp3) is 0.200. The molecule has 0 fully saturated rings. The van der Waals surface area contributed by atoms with Crippen molar-refractivity contribution in [3.63, 3.8) is 0 Å². The number of benzene rings is 1. The van der Waals surface area contributed by atoms with E-state index in [0.717, 1.165) is 28.3 Å². The van der Waals surface area contributed by atoms with Gasteiger partial charge in [-0.05, 0) is 38.3 Å². The number of para-hydroxylation sites is 1. The van der Waals surface area contributed by atoms with E-state index in [1.54, 1.807) is 11.8 Å². The summed E-state index contributed by atoms with van der Waals surface area (Å²) in [6.07, 6.45) is 2.05. The molecule has 0 atom stereocenters. The second-order valence-corrected chi connectivity index (χ2v) is 5.75. The van der Waals surface area contributed by atoms with Gasteiger partial charge < -0.3 is 11.1 Å². The molecule has 0 amide bonds. The molecule has 0 aliphatic rings. The number of aromatic nitrogens is 1. The standard InChI is InChI=1S/C15H17N3S2/c1-9-8-12(14(15(16)19)10(2)17-9)18-11-6-4-5-7-13(11)20-3/h4-8H,1-3H3,(H2,16,19)(H,17,18). The van der Waals surface area contributed by atoms with Gasteiger partial charge in [0.25, 0.3) is 0 Å². The highest BCUT2D eigenvalue weighted by Gasteiger charge is 2.12. The molecular formula is C15H17N3S2. The van der Waals surface area contributed by atoms with Gasteiger partial charge in [-0.25, -0.2) is 0 Å². The molecule has 20 heavy (non-hydrogen) atoms. The number of pyridine rings is 1. The van der Waals surface area contributed by atoms with E-state index < -0.39 is 0 Å². The molecule has 0 aliphatic heterocycles. The van der Waals surface area contributed by atoms with Crippen LogP contribution in [0.15, 0.2) is 35.2 Å². The van der Waals surface area contributed by atoms with Crippen LogP contribution in [-0.2, 0) is 0 Å². The lowest BCUT2D eigenvalue weighted by Crippen LogP contribution is -2.15. The molecule has 1 aromatic carbocycles. The first-order valence-corrected chi connectivity index (χ1v) is 7.84. The van der Waals surface area contributed by atoms with Crippen molar-refractivity contribution >= 4 is 40.3 Å². The van der Waals surface area contributed by atoms with Gasteiger partial charge in [-0.2, -0.15) is 0 Å². The molecule has 0 aliphatic carbocycles. The molecule has 1 heterocycles. The molecule has 0 bridgehead atoms. The zero-order valence-electron chi connectivity index (χ0n) is 11.7.